The van der Waals surface area contributed by atoms with E-state index in [4.69, 9.17) is 0 Å². The molecule has 1 atom stereocenters. The predicted molar refractivity (Wildman–Crippen MR) is 68.8 cm³/mol. The van der Waals surface area contributed by atoms with E-state index in [1.54, 1.807) is 0 Å². The van der Waals surface area contributed by atoms with Crippen molar-refractivity contribution in [3.8, 4) is 0 Å². The van der Waals surface area contributed by atoms with Gasteiger partial charge in [-0.25, -0.2) is 0 Å². The number of rotatable bonds is 2. The summed E-state index contributed by atoms with van der Waals surface area (Å²) < 4.78 is 0. The molecule has 2 fully saturated rings. The Morgan fingerprint density at radius 1 is 1.06 bits per heavy atom. The zero-order chi connectivity index (χ0) is 11.4. The SMILES string of the molecule is CCC1CCN(C2CCN(C)CC2)CCN1. The van der Waals surface area contributed by atoms with Crippen molar-refractivity contribution in [2.75, 3.05) is 39.8 Å². The molecular formula is C13H27N3. The molecule has 0 aromatic rings. The van der Waals surface area contributed by atoms with Gasteiger partial charge in [-0.1, -0.05) is 6.92 Å². The third-order valence-corrected chi connectivity index (χ3v) is 4.29. The number of nitrogens with zero attached hydrogens (tertiary/aromatic N) is 2. The molecule has 0 bridgehead atoms. The number of hydrogen-bond acceptors (Lipinski definition) is 3. The first-order valence-corrected chi connectivity index (χ1v) is 6.95. The molecular weight excluding hydrogens is 198 g/mol. The lowest BCUT2D eigenvalue weighted by molar-refractivity contribution is 0.126. The molecule has 2 aliphatic heterocycles. The van der Waals surface area contributed by atoms with Crippen LogP contribution >= 0.6 is 0 Å². The minimum Gasteiger partial charge on any atom is -0.313 e. The summed E-state index contributed by atoms with van der Waals surface area (Å²) in [6.07, 6.45) is 5.35. The highest BCUT2D eigenvalue weighted by Crippen LogP contribution is 2.17. The number of hydrogen-bond donors (Lipinski definition) is 1. The van der Waals surface area contributed by atoms with E-state index in [1.807, 2.05) is 0 Å². The van der Waals surface area contributed by atoms with Crippen LogP contribution in [0.4, 0.5) is 0 Å². The molecule has 0 aromatic heterocycles. The van der Waals surface area contributed by atoms with E-state index in [0.717, 1.165) is 12.1 Å². The van der Waals surface area contributed by atoms with Crippen LogP contribution in [0.15, 0.2) is 0 Å². The lowest BCUT2D eigenvalue weighted by Gasteiger charge is -2.36. The smallest absolute Gasteiger partial charge is 0.0120 e. The second kappa shape index (κ2) is 5.99. The summed E-state index contributed by atoms with van der Waals surface area (Å²) in [4.78, 5) is 5.19. The topological polar surface area (TPSA) is 18.5 Å². The monoisotopic (exact) mass is 225 g/mol. The van der Waals surface area contributed by atoms with E-state index in [2.05, 4.69) is 29.1 Å². The van der Waals surface area contributed by atoms with Crippen LogP contribution in [0.2, 0.25) is 0 Å². The van der Waals surface area contributed by atoms with Crippen molar-refractivity contribution in [1.82, 2.24) is 15.1 Å². The summed E-state index contributed by atoms with van der Waals surface area (Å²) in [5.41, 5.74) is 0. The highest BCUT2D eigenvalue weighted by Gasteiger charge is 2.24. The van der Waals surface area contributed by atoms with E-state index < -0.39 is 0 Å². The standard InChI is InChI=1S/C13H27N3/c1-3-12-4-10-16(11-7-14-12)13-5-8-15(2)9-6-13/h12-14H,3-11H2,1-2H3. The quantitative estimate of drug-likeness (QED) is 0.761. The maximum atomic E-state index is 3.66. The zero-order valence-electron chi connectivity index (χ0n) is 10.9. The summed E-state index contributed by atoms with van der Waals surface area (Å²) in [5, 5.41) is 3.66. The van der Waals surface area contributed by atoms with Crippen molar-refractivity contribution in [2.45, 2.75) is 44.7 Å². The number of likely N-dealkylation sites (tertiary alicyclic amines) is 1. The molecule has 3 heteroatoms. The van der Waals surface area contributed by atoms with E-state index >= 15 is 0 Å². The van der Waals surface area contributed by atoms with Crippen LogP contribution in [0, 0.1) is 0 Å². The van der Waals surface area contributed by atoms with Gasteiger partial charge in [0.05, 0.1) is 0 Å². The molecule has 2 heterocycles. The third-order valence-electron chi connectivity index (χ3n) is 4.29. The van der Waals surface area contributed by atoms with E-state index in [-0.39, 0.29) is 0 Å². The molecule has 0 amide bonds. The summed E-state index contributed by atoms with van der Waals surface area (Å²) in [6, 6.07) is 1.62. The van der Waals surface area contributed by atoms with Crippen molar-refractivity contribution in [2.24, 2.45) is 0 Å². The Hall–Kier alpha value is -0.120. The highest BCUT2D eigenvalue weighted by molar-refractivity contribution is 4.82. The average Bonchev–Trinajstić information content (AvgIpc) is 2.55. The van der Waals surface area contributed by atoms with Gasteiger partial charge in [0.1, 0.15) is 0 Å². The van der Waals surface area contributed by atoms with Crippen molar-refractivity contribution in [3.05, 3.63) is 0 Å². The van der Waals surface area contributed by atoms with Crippen LogP contribution in [-0.4, -0.2) is 61.7 Å². The second-order valence-electron chi connectivity index (χ2n) is 5.42. The first-order chi connectivity index (χ1) is 7.79. The second-order valence-corrected chi connectivity index (χ2v) is 5.42. The molecule has 0 aliphatic carbocycles. The van der Waals surface area contributed by atoms with Gasteiger partial charge in [0.2, 0.25) is 0 Å². The van der Waals surface area contributed by atoms with Gasteiger partial charge in [0.25, 0.3) is 0 Å². The fourth-order valence-corrected chi connectivity index (χ4v) is 3.02. The molecule has 0 spiro atoms. The first-order valence-electron chi connectivity index (χ1n) is 6.95. The van der Waals surface area contributed by atoms with Gasteiger partial charge in [-0.3, -0.25) is 4.90 Å². The number of piperidine rings is 1. The minimum atomic E-state index is 0.760. The van der Waals surface area contributed by atoms with Crippen LogP contribution < -0.4 is 5.32 Å². The Morgan fingerprint density at radius 2 is 1.81 bits per heavy atom. The lowest BCUT2D eigenvalue weighted by atomic mass is 10.0. The first kappa shape index (κ1) is 12.3. The minimum absolute atomic E-state index is 0.760. The van der Waals surface area contributed by atoms with Gasteiger partial charge in [-0.2, -0.15) is 0 Å². The molecule has 1 N–H and O–H groups in total. The van der Waals surface area contributed by atoms with Crippen LogP contribution in [0.5, 0.6) is 0 Å². The average molecular weight is 225 g/mol. The maximum absolute atomic E-state index is 3.66. The molecule has 0 radical (unpaired) electrons. The molecule has 1 unspecified atom stereocenters. The normalized spacial score (nSPS) is 31.5. The molecule has 16 heavy (non-hydrogen) atoms. The van der Waals surface area contributed by atoms with Crippen molar-refractivity contribution in [1.29, 1.82) is 0 Å². The molecule has 3 nitrogen and oxygen atoms in total. The zero-order valence-corrected chi connectivity index (χ0v) is 10.9. The fraction of sp³-hybridized carbons (Fsp3) is 1.00. The highest BCUT2D eigenvalue weighted by atomic mass is 15.2. The van der Waals surface area contributed by atoms with Gasteiger partial charge >= 0.3 is 0 Å². The molecule has 2 rings (SSSR count). The summed E-state index contributed by atoms with van der Waals surface area (Å²) in [7, 11) is 2.24. The predicted octanol–water partition coefficient (Wildman–Crippen LogP) is 1.15. The Balaban J connectivity index is 1.80. The maximum Gasteiger partial charge on any atom is 0.0120 e. The van der Waals surface area contributed by atoms with Crippen LogP contribution in [0.3, 0.4) is 0 Å². The van der Waals surface area contributed by atoms with Gasteiger partial charge in [-0.05, 0) is 52.4 Å². The van der Waals surface area contributed by atoms with Crippen molar-refractivity contribution in [3.63, 3.8) is 0 Å². The Bertz CT molecular complexity index is 199. The molecule has 94 valence electrons. The van der Waals surface area contributed by atoms with Gasteiger partial charge in [0, 0.05) is 25.2 Å². The Kier molecular flexibility index (Phi) is 4.62. The number of nitrogens with one attached hydrogen (secondary N) is 1. The van der Waals surface area contributed by atoms with Gasteiger partial charge < -0.3 is 10.2 Å². The molecule has 0 aromatic carbocycles. The van der Waals surface area contributed by atoms with Crippen LogP contribution in [0.1, 0.15) is 32.6 Å². The van der Waals surface area contributed by atoms with E-state index in [9.17, 15) is 0 Å². The molecule has 0 saturated carbocycles. The third kappa shape index (κ3) is 3.19. The van der Waals surface area contributed by atoms with E-state index in [1.165, 1.54) is 58.4 Å². The van der Waals surface area contributed by atoms with Gasteiger partial charge in [-0.15, -0.1) is 0 Å². The van der Waals surface area contributed by atoms with Crippen LogP contribution in [0.25, 0.3) is 0 Å². The lowest BCUT2D eigenvalue weighted by Crippen LogP contribution is -2.44. The largest absolute Gasteiger partial charge is 0.313 e. The summed E-state index contributed by atoms with van der Waals surface area (Å²) >= 11 is 0. The van der Waals surface area contributed by atoms with E-state index in [0.29, 0.717) is 0 Å². The fourth-order valence-electron chi connectivity index (χ4n) is 3.02. The summed E-state index contributed by atoms with van der Waals surface area (Å²) in [6.45, 7) is 8.61. The van der Waals surface area contributed by atoms with Crippen LogP contribution in [-0.2, 0) is 0 Å². The Labute approximate surface area is 100 Å². The Morgan fingerprint density at radius 3 is 2.50 bits per heavy atom. The van der Waals surface area contributed by atoms with Gasteiger partial charge in [0.15, 0.2) is 0 Å². The molecule has 2 saturated heterocycles. The van der Waals surface area contributed by atoms with Crippen molar-refractivity contribution >= 4 is 0 Å². The van der Waals surface area contributed by atoms with Crippen molar-refractivity contribution < 1.29 is 0 Å². The summed E-state index contributed by atoms with van der Waals surface area (Å²) in [5.74, 6) is 0. The molecule has 2 aliphatic rings.